The lowest BCUT2D eigenvalue weighted by molar-refractivity contribution is 0.0978. The van der Waals surface area contributed by atoms with Crippen molar-refractivity contribution in [2.75, 3.05) is 26.2 Å². The van der Waals surface area contributed by atoms with Crippen molar-refractivity contribution in [3.63, 3.8) is 0 Å². The molecule has 0 radical (unpaired) electrons. The average molecular weight is 440 g/mol. The van der Waals surface area contributed by atoms with Gasteiger partial charge in [0.1, 0.15) is 11.4 Å². The Bertz CT molecular complexity index is 1280. The Balaban J connectivity index is 1.44. The molecule has 2 aliphatic heterocycles. The molecule has 0 spiro atoms. The first-order valence-electron chi connectivity index (χ1n) is 11.6. The quantitative estimate of drug-likeness (QED) is 0.785. The Kier molecular flexibility index (Phi) is 4.76. The zero-order valence-corrected chi connectivity index (χ0v) is 18.6. The van der Waals surface area contributed by atoms with Gasteiger partial charge in [0.15, 0.2) is 17.7 Å². The summed E-state index contributed by atoms with van der Waals surface area (Å²) in [6.07, 6.45) is 3.85. The number of aliphatic imine (C=N–C) groups is 1. The molecule has 1 fully saturated rings. The van der Waals surface area contributed by atoms with Crippen LogP contribution in [0.2, 0.25) is 0 Å². The number of likely N-dealkylation sites (tertiary alicyclic amines) is 1. The lowest BCUT2D eigenvalue weighted by Crippen LogP contribution is -2.42. The highest BCUT2D eigenvalue weighted by atomic mass is 16.5. The van der Waals surface area contributed by atoms with Gasteiger partial charge in [-0.2, -0.15) is 0 Å². The van der Waals surface area contributed by atoms with Gasteiger partial charge in [-0.25, -0.2) is 4.99 Å². The van der Waals surface area contributed by atoms with E-state index in [2.05, 4.69) is 10.2 Å². The molecule has 1 N–H and O–H groups in total. The highest BCUT2D eigenvalue weighted by Crippen LogP contribution is 2.41. The van der Waals surface area contributed by atoms with Gasteiger partial charge in [0.2, 0.25) is 0 Å². The number of ketones is 2. The molecule has 4 aliphatic rings. The summed E-state index contributed by atoms with van der Waals surface area (Å²) < 4.78 is 6.27. The lowest BCUT2D eigenvalue weighted by atomic mass is 9.76. The maximum atomic E-state index is 13.6. The number of fused-ring (bicyclic) bond motifs is 4. The highest BCUT2D eigenvalue weighted by Gasteiger charge is 2.43. The van der Waals surface area contributed by atoms with Crippen LogP contribution >= 0.6 is 0 Å². The number of nitrogens with one attached hydrogen (secondary N) is 1. The predicted molar refractivity (Wildman–Crippen MR) is 127 cm³/mol. The van der Waals surface area contributed by atoms with Crippen LogP contribution in [0.15, 0.2) is 70.4 Å². The van der Waals surface area contributed by atoms with Crippen molar-refractivity contribution in [1.82, 2.24) is 10.2 Å². The molecule has 6 heteroatoms. The van der Waals surface area contributed by atoms with Gasteiger partial charge in [-0.1, -0.05) is 30.3 Å². The summed E-state index contributed by atoms with van der Waals surface area (Å²) in [6, 6.07) is 12.9. The van der Waals surface area contributed by atoms with E-state index in [4.69, 9.17) is 9.73 Å². The molecule has 6 rings (SSSR count). The fourth-order valence-corrected chi connectivity index (χ4v) is 5.13. The fraction of sp³-hybridized carbons (Fsp3) is 0.296. The first-order chi connectivity index (χ1) is 16.1. The summed E-state index contributed by atoms with van der Waals surface area (Å²) in [4.78, 5) is 34.5. The molecule has 166 valence electrons. The van der Waals surface area contributed by atoms with Crippen LogP contribution in [0.5, 0.6) is 5.75 Å². The SMILES string of the molecule is Cc1ccc2c(c1)N=C1C3=C(C(=O)c4ccccc4C3=O)C(NCCN3CCCC3)=CC1O2. The standard InChI is InChI=1S/C27H25N3O3/c1-16-8-9-21-19(14-16)29-25-22(33-21)15-20(28-10-13-30-11-4-5-12-30)23-24(25)27(32)18-7-3-2-6-17(18)26(23)31/h2-3,6-9,14-15,22,28H,4-5,10-13H2,1H3. The number of Topliss-reactive ketones (excluding diaryl/α,β-unsaturated/α-hetero) is 2. The van der Waals surface area contributed by atoms with Crippen molar-refractivity contribution >= 4 is 23.0 Å². The summed E-state index contributed by atoms with van der Waals surface area (Å²) in [7, 11) is 0. The molecule has 0 aromatic heterocycles. The summed E-state index contributed by atoms with van der Waals surface area (Å²) in [5.74, 6) is 0.368. The van der Waals surface area contributed by atoms with Crippen LogP contribution < -0.4 is 10.1 Å². The number of aryl methyl sites for hydroxylation is 1. The number of rotatable bonds is 4. The van der Waals surface area contributed by atoms with Crippen LogP contribution in [0.4, 0.5) is 5.69 Å². The number of hydrogen-bond acceptors (Lipinski definition) is 6. The number of nitrogens with zero attached hydrogens (tertiary/aromatic N) is 2. The Labute approximate surface area is 192 Å². The Morgan fingerprint density at radius 2 is 1.76 bits per heavy atom. The van der Waals surface area contributed by atoms with Crippen molar-refractivity contribution in [1.29, 1.82) is 0 Å². The minimum Gasteiger partial charge on any atom is -0.478 e. The maximum Gasteiger partial charge on any atom is 0.196 e. The van der Waals surface area contributed by atoms with E-state index in [1.54, 1.807) is 24.3 Å². The van der Waals surface area contributed by atoms with Gasteiger partial charge in [-0.15, -0.1) is 0 Å². The average Bonchev–Trinajstić information content (AvgIpc) is 3.34. The third-order valence-electron chi connectivity index (χ3n) is 6.78. The molecule has 2 aliphatic carbocycles. The number of carbonyl (C=O) groups excluding carboxylic acids is 2. The van der Waals surface area contributed by atoms with E-state index >= 15 is 0 Å². The van der Waals surface area contributed by atoms with E-state index in [1.165, 1.54) is 12.8 Å². The van der Waals surface area contributed by atoms with Crippen molar-refractivity contribution in [2.24, 2.45) is 4.99 Å². The minimum absolute atomic E-state index is 0.142. The molecular formula is C27H25N3O3. The minimum atomic E-state index is -0.518. The Morgan fingerprint density at radius 1 is 1.03 bits per heavy atom. The Hall–Kier alpha value is -3.51. The molecule has 2 aromatic rings. The van der Waals surface area contributed by atoms with Gasteiger partial charge in [0.25, 0.3) is 0 Å². The van der Waals surface area contributed by atoms with E-state index in [1.807, 2.05) is 31.2 Å². The number of hydrogen-bond donors (Lipinski definition) is 1. The van der Waals surface area contributed by atoms with Gasteiger partial charge in [0.05, 0.1) is 16.9 Å². The van der Waals surface area contributed by atoms with E-state index in [0.29, 0.717) is 51.7 Å². The van der Waals surface area contributed by atoms with E-state index < -0.39 is 6.10 Å². The first kappa shape index (κ1) is 20.1. The second-order valence-electron chi connectivity index (χ2n) is 9.02. The van der Waals surface area contributed by atoms with Crippen LogP contribution in [-0.2, 0) is 0 Å². The topological polar surface area (TPSA) is 71.0 Å². The van der Waals surface area contributed by atoms with E-state index in [9.17, 15) is 9.59 Å². The molecule has 6 nitrogen and oxygen atoms in total. The Morgan fingerprint density at radius 3 is 2.52 bits per heavy atom. The molecule has 2 heterocycles. The number of allylic oxidation sites excluding steroid dienone is 1. The third-order valence-corrected chi connectivity index (χ3v) is 6.78. The first-order valence-corrected chi connectivity index (χ1v) is 11.6. The predicted octanol–water partition coefficient (Wildman–Crippen LogP) is 3.79. The van der Waals surface area contributed by atoms with Crippen LogP contribution in [0, 0.1) is 6.92 Å². The molecule has 33 heavy (non-hydrogen) atoms. The number of ether oxygens (including phenoxy) is 1. The molecule has 1 saturated heterocycles. The molecular weight excluding hydrogens is 414 g/mol. The number of carbonyl (C=O) groups is 2. The monoisotopic (exact) mass is 439 g/mol. The molecule has 0 amide bonds. The zero-order valence-electron chi connectivity index (χ0n) is 18.6. The van der Waals surface area contributed by atoms with Crippen molar-refractivity contribution < 1.29 is 14.3 Å². The van der Waals surface area contributed by atoms with Crippen LogP contribution in [-0.4, -0.2) is 54.5 Å². The molecule has 0 bridgehead atoms. The highest BCUT2D eigenvalue weighted by molar-refractivity contribution is 6.40. The van der Waals surface area contributed by atoms with Gasteiger partial charge < -0.3 is 15.0 Å². The molecule has 0 saturated carbocycles. The summed E-state index contributed by atoms with van der Waals surface area (Å²) >= 11 is 0. The van der Waals surface area contributed by atoms with Crippen molar-refractivity contribution in [3.8, 4) is 5.75 Å². The summed E-state index contributed by atoms with van der Waals surface area (Å²) in [6.45, 7) is 5.80. The summed E-state index contributed by atoms with van der Waals surface area (Å²) in [5.41, 5.74) is 4.57. The van der Waals surface area contributed by atoms with Gasteiger partial charge in [-0.3, -0.25) is 9.59 Å². The maximum absolute atomic E-state index is 13.6. The zero-order chi connectivity index (χ0) is 22.5. The normalized spacial score (nSPS) is 21.4. The van der Waals surface area contributed by atoms with E-state index in [-0.39, 0.29) is 11.6 Å². The van der Waals surface area contributed by atoms with Gasteiger partial charge >= 0.3 is 0 Å². The smallest absolute Gasteiger partial charge is 0.196 e. The second-order valence-corrected chi connectivity index (χ2v) is 9.02. The fourth-order valence-electron chi connectivity index (χ4n) is 5.13. The second kappa shape index (κ2) is 7.81. The third kappa shape index (κ3) is 3.33. The van der Waals surface area contributed by atoms with Crippen LogP contribution in [0.3, 0.4) is 0 Å². The van der Waals surface area contributed by atoms with Gasteiger partial charge in [0, 0.05) is 29.9 Å². The van der Waals surface area contributed by atoms with Crippen molar-refractivity contribution in [3.05, 3.63) is 82.1 Å². The van der Waals surface area contributed by atoms with Crippen LogP contribution in [0.25, 0.3) is 0 Å². The number of benzene rings is 2. The molecule has 2 aromatic carbocycles. The molecule has 1 unspecified atom stereocenters. The van der Waals surface area contributed by atoms with E-state index in [0.717, 1.165) is 25.2 Å². The van der Waals surface area contributed by atoms with Gasteiger partial charge in [-0.05, 0) is 56.6 Å². The lowest BCUT2D eigenvalue weighted by Gasteiger charge is -2.33. The largest absolute Gasteiger partial charge is 0.478 e. The molecule has 1 atom stereocenters. The van der Waals surface area contributed by atoms with Crippen molar-refractivity contribution in [2.45, 2.75) is 25.9 Å². The summed E-state index contributed by atoms with van der Waals surface area (Å²) in [5, 5.41) is 3.45. The van der Waals surface area contributed by atoms with Crippen LogP contribution in [0.1, 0.15) is 39.1 Å².